The molecule has 2 aromatic carbocycles. The molecule has 0 saturated heterocycles. The molecule has 9 nitrogen and oxygen atoms in total. The van der Waals surface area contributed by atoms with Crippen LogP contribution in [0.4, 0.5) is 5.69 Å². The van der Waals surface area contributed by atoms with Crippen LogP contribution in [0.2, 0.25) is 0 Å². The molecule has 0 aliphatic rings. The van der Waals surface area contributed by atoms with Gasteiger partial charge in [0.15, 0.2) is 5.65 Å². The predicted molar refractivity (Wildman–Crippen MR) is 117 cm³/mol. The Morgan fingerprint density at radius 1 is 1.10 bits per heavy atom. The maximum absolute atomic E-state index is 13.5. The van der Waals surface area contributed by atoms with E-state index in [1.54, 1.807) is 49.1 Å². The van der Waals surface area contributed by atoms with Gasteiger partial charge in [0.25, 0.3) is 11.2 Å². The van der Waals surface area contributed by atoms with E-state index in [0.717, 1.165) is 0 Å². The number of fused-ring (bicyclic) bond motifs is 2. The first kappa shape index (κ1) is 20.4. The average Bonchev–Trinajstić information content (AvgIpc) is 2.78. The van der Waals surface area contributed by atoms with Gasteiger partial charge in [0.2, 0.25) is 5.43 Å². The molecule has 0 radical (unpaired) electrons. The van der Waals surface area contributed by atoms with E-state index in [4.69, 9.17) is 4.74 Å². The zero-order chi connectivity index (χ0) is 22.1. The van der Waals surface area contributed by atoms with Crippen LogP contribution in [0.1, 0.15) is 6.42 Å². The van der Waals surface area contributed by atoms with Gasteiger partial charge < -0.3 is 9.30 Å². The lowest BCUT2D eigenvalue weighted by atomic mass is 10.1. The van der Waals surface area contributed by atoms with Crippen molar-refractivity contribution in [1.29, 1.82) is 0 Å². The number of aryl methyl sites for hydroxylation is 1. The van der Waals surface area contributed by atoms with Gasteiger partial charge in [-0.2, -0.15) is 0 Å². The molecule has 0 bridgehead atoms. The van der Waals surface area contributed by atoms with Crippen molar-refractivity contribution in [2.24, 2.45) is 7.05 Å². The van der Waals surface area contributed by atoms with Crippen LogP contribution in [0.25, 0.3) is 33.3 Å². The topological polar surface area (TPSA) is 109 Å². The number of para-hydroxylation sites is 1. The lowest BCUT2D eigenvalue weighted by molar-refractivity contribution is -0.384. The number of ether oxygens (including phenoxy) is 1. The molecule has 31 heavy (non-hydrogen) atoms. The van der Waals surface area contributed by atoms with E-state index in [0.29, 0.717) is 35.3 Å². The second-order valence-corrected chi connectivity index (χ2v) is 7.15. The van der Waals surface area contributed by atoms with E-state index in [9.17, 15) is 19.7 Å². The van der Waals surface area contributed by atoms with Crippen LogP contribution in [0.3, 0.4) is 0 Å². The van der Waals surface area contributed by atoms with E-state index in [2.05, 4.69) is 4.98 Å². The number of aromatic nitrogens is 3. The Morgan fingerprint density at radius 3 is 2.48 bits per heavy atom. The molecule has 0 fully saturated rings. The highest BCUT2D eigenvalue weighted by molar-refractivity contribution is 5.91. The minimum Gasteiger partial charge on any atom is -0.385 e. The fourth-order valence-electron chi connectivity index (χ4n) is 3.72. The fraction of sp³-hybridized carbons (Fsp3) is 0.227. The molecule has 4 aromatic rings. The van der Waals surface area contributed by atoms with Gasteiger partial charge in [0, 0.05) is 50.4 Å². The molecule has 0 aliphatic carbocycles. The van der Waals surface area contributed by atoms with Crippen molar-refractivity contribution < 1.29 is 9.66 Å². The third kappa shape index (κ3) is 3.49. The number of pyridine rings is 1. The summed E-state index contributed by atoms with van der Waals surface area (Å²) in [5.74, 6) is 0.341. The van der Waals surface area contributed by atoms with E-state index in [-0.39, 0.29) is 28.7 Å². The van der Waals surface area contributed by atoms with Crippen LogP contribution in [0.15, 0.2) is 58.1 Å². The van der Waals surface area contributed by atoms with Gasteiger partial charge in [-0.05, 0) is 30.7 Å². The normalized spacial score (nSPS) is 11.3. The van der Waals surface area contributed by atoms with Crippen molar-refractivity contribution in [1.82, 2.24) is 14.1 Å². The summed E-state index contributed by atoms with van der Waals surface area (Å²) in [6, 6.07) is 12.9. The van der Waals surface area contributed by atoms with Gasteiger partial charge in [0.05, 0.1) is 10.4 Å². The second-order valence-electron chi connectivity index (χ2n) is 7.15. The maximum atomic E-state index is 13.5. The zero-order valence-electron chi connectivity index (χ0n) is 17.1. The quantitative estimate of drug-likeness (QED) is 0.205. The van der Waals surface area contributed by atoms with Gasteiger partial charge in [-0.1, -0.05) is 12.1 Å². The number of hydrogen-bond acceptors (Lipinski definition) is 6. The van der Waals surface area contributed by atoms with Gasteiger partial charge in [-0.3, -0.25) is 24.3 Å². The molecule has 4 rings (SSSR count). The number of rotatable bonds is 6. The Morgan fingerprint density at radius 2 is 1.81 bits per heavy atom. The first-order chi connectivity index (χ1) is 14.9. The van der Waals surface area contributed by atoms with E-state index >= 15 is 0 Å². The molecule has 2 heterocycles. The summed E-state index contributed by atoms with van der Waals surface area (Å²) in [5, 5.41) is 11.5. The third-order valence-electron chi connectivity index (χ3n) is 5.27. The number of hydrogen-bond donors (Lipinski definition) is 0. The first-order valence-corrected chi connectivity index (χ1v) is 9.70. The number of non-ortho nitro benzene ring substituents is 1. The predicted octanol–water partition coefficient (Wildman–Crippen LogP) is 2.86. The van der Waals surface area contributed by atoms with Crippen LogP contribution in [0.5, 0.6) is 0 Å². The van der Waals surface area contributed by atoms with Gasteiger partial charge in [-0.25, -0.2) is 4.98 Å². The average molecular weight is 420 g/mol. The Kier molecular flexibility index (Phi) is 5.35. The van der Waals surface area contributed by atoms with Crippen molar-refractivity contribution >= 4 is 27.6 Å². The molecule has 0 N–H and O–H groups in total. The standard InChI is InChI=1S/C22H20N4O5/c1-24-17-7-4-3-6-16(17)19(27)18-21(24)23-20(25(22(18)28)12-5-13-31-2)14-8-10-15(11-9-14)26(29)30/h3-4,6-11H,5,12-13H2,1-2H3. The van der Waals surface area contributed by atoms with Gasteiger partial charge >= 0.3 is 0 Å². The Labute approximate surface area is 176 Å². The van der Waals surface area contributed by atoms with Crippen LogP contribution >= 0.6 is 0 Å². The van der Waals surface area contributed by atoms with Crippen molar-refractivity contribution in [2.75, 3.05) is 13.7 Å². The second kappa shape index (κ2) is 8.11. The van der Waals surface area contributed by atoms with Crippen molar-refractivity contribution in [3.05, 3.63) is 79.2 Å². The third-order valence-corrected chi connectivity index (χ3v) is 5.27. The summed E-state index contributed by atoms with van der Waals surface area (Å²) in [4.78, 5) is 41.8. The first-order valence-electron chi connectivity index (χ1n) is 9.70. The molecule has 2 aromatic heterocycles. The van der Waals surface area contributed by atoms with Crippen molar-refractivity contribution in [2.45, 2.75) is 13.0 Å². The lowest BCUT2D eigenvalue weighted by Gasteiger charge is -2.16. The largest absolute Gasteiger partial charge is 0.385 e. The van der Waals surface area contributed by atoms with E-state index in [1.807, 2.05) is 6.07 Å². The zero-order valence-corrected chi connectivity index (χ0v) is 17.1. The summed E-state index contributed by atoms with van der Waals surface area (Å²) in [6.07, 6.45) is 0.539. The van der Waals surface area contributed by atoms with E-state index < -0.39 is 10.5 Å². The highest BCUT2D eigenvalue weighted by atomic mass is 16.6. The summed E-state index contributed by atoms with van der Waals surface area (Å²) >= 11 is 0. The molecule has 9 heteroatoms. The molecule has 0 spiro atoms. The number of nitro benzene ring substituents is 1. The Bertz CT molecular complexity index is 1420. The van der Waals surface area contributed by atoms with Gasteiger partial charge in [0.1, 0.15) is 11.2 Å². The van der Waals surface area contributed by atoms with Crippen LogP contribution in [-0.2, 0) is 18.3 Å². The van der Waals surface area contributed by atoms with Crippen LogP contribution in [0, 0.1) is 10.1 Å². The number of nitrogens with zero attached hydrogens (tertiary/aromatic N) is 4. The minimum absolute atomic E-state index is 0.0179. The van der Waals surface area contributed by atoms with Gasteiger partial charge in [-0.15, -0.1) is 0 Å². The van der Waals surface area contributed by atoms with Crippen LogP contribution in [-0.4, -0.2) is 32.8 Å². The molecule has 158 valence electrons. The number of benzene rings is 2. The molecular formula is C22H20N4O5. The SMILES string of the molecule is COCCCn1c(-c2ccc([N+](=O)[O-])cc2)nc2c(c(=O)c3ccccc3n2C)c1=O. The molecule has 0 saturated carbocycles. The smallest absolute Gasteiger partial charge is 0.269 e. The highest BCUT2D eigenvalue weighted by Crippen LogP contribution is 2.23. The summed E-state index contributed by atoms with van der Waals surface area (Å²) < 4.78 is 8.27. The molecular weight excluding hydrogens is 400 g/mol. The minimum atomic E-state index is -0.487. The fourth-order valence-corrected chi connectivity index (χ4v) is 3.72. The number of nitro groups is 1. The van der Waals surface area contributed by atoms with E-state index in [1.165, 1.54) is 16.7 Å². The lowest BCUT2D eigenvalue weighted by Crippen LogP contribution is -2.29. The van der Waals surface area contributed by atoms with Crippen molar-refractivity contribution in [3.63, 3.8) is 0 Å². The maximum Gasteiger partial charge on any atom is 0.269 e. The molecule has 0 amide bonds. The monoisotopic (exact) mass is 420 g/mol. The Balaban J connectivity index is 2.06. The summed E-state index contributed by atoms with van der Waals surface area (Å²) in [6.45, 7) is 0.720. The highest BCUT2D eigenvalue weighted by Gasteiger charge is 2.19. The summed E-state index contributed by atoms with van der Waals surface area (Å²) in [7, 11) is 3.33. The molecule has 0 aliphatic heterocycles. The molecule has 0 unspecified atom stereocenters. The Hall–Kier alpha value is -3.85. The summed E-state index contributed by atoms with van der Waals surface area (Å²) in [5.41, 5.74) is 0.611. The number of methoxy groups -OCH3 is 1. The van der Waals surface area contributed by atoms with Crippen molar-refractivity contribution in [3.8, 4) is 11.4 Å². The van der Waals surface area contributed by atoms with Crippen LogP contribution < -0.4 is 11.0 Å². The molecule has 0 atom stereocenters.